The van der Waals surface area contributed by atoms with Gasteiger partial charge in [0, 0.05) is 0 Å². The Balaban J connectivity index is 1.50. The van der Waals surface area contributed by atoms with Crippen LogP contribution in [-0.4, -0.2) is 6.18 Å². The molecule has 0 aliphatic heterocycles. The topological polar surface area (TPSA) is 0 Å². The van der Waals surface area contributed by atoms with E-state index in [9.17, 15) is 13.2 Å². The Kier molecular flexibility index (Phi) is 7.72. The van der Waals surface area contributed by atoms with Gasteiger partial charge in [0.1, 0.15) is 0 Å². The molecule has 2 saturated carbocycles. The van der Waals surface area contributed by atoms with Crippen molar-refractivity contribution in [3.05, 3.63) is 48.0 Å². The third-order valence-corrected chi connectivity index (χ3v) is 7.67. The molecule has 0 spiro atoms. The molecule has 0 unspecified atom stereocenters. The largest absolute Gasteiger partial charge is 0.391 e. The van der Waals surface area contributed by atoms with Crippen LogP contribution in [0.4, 0.5) is 13.2 Å². The number of terminal acetylenes is 1. The Morgan fingerprint density at radius 3 is 2.03 bits per heavy atom. The average Bonchev–Trinajstić information content (AvgIpc) is 2.76. The zero-order valence-corrected chi connectivity index (χ0v) is 18.0. The van der Waals surface area contributed by atoms with Gasteiger partial charge in [-0.05, 0) is 74.3 Å². The van der Waals surface area contributed by atoms with Gasteiger partial charge in [0.15, 0.2) is 0 Å². The SMILES string of the molecule is C#CC1(c2ccc(CCC3CCC(CCC=C)CC3)cc2)CCC(C(F)(F)F)CC1. The number of alkyl halides is 3. The van der Waals surface area contributed by atoms with Crippen LogP contribution in [0.15, 0.2) is 36.9 Å². The number of rotatable bonds is 7. The normalized spacial score (nSPS) is 29.9. The van der Waals surface area contributed by atoms with E-state index in [1.54, 1.807) is 0 Å². The predicted molar refractivity (Wildman–Crippen MR) is 118 cm³/mol. The van der Waals surface area contributed by atoms with Crippen molar-refractivity contribution in [1.82, 2.24) is 0 Å². The van der Waals surface area contributed by atoms with Crippen molar-refractivity contribution in [1.29, 1.82) is 0 Å². The minimum Gasteiger partial charge on any atom is -0.171 e. The van der Waals surface area contributed by atoms with Crippen LogP contribution in [0.25, 0.3) is 0 Å². The minimum absolute atomic E-state index is 0.130. The molecule has 0 aromatic heterocycles. The van der Waals surface area contributed by atoms with Crippen molar-refractivity contribution < 1.29 is 13.2 Å². The van der Waals surface area contributed by atoms with Gasteiger partial charge in [-0.1, -0.05) is 61.9 Å². The van der Waals surface area contributed by atoms with Gasteiger partial charge in [-0.2, -0.15) is 13.2 Å². The molecule has 2 aliphatic carbocycles. The summed E-state index contributed by atoms with van der Waals surface area (Å²) in [5.41, 5.74) is 1.78. The summed E-state index contributed by atoms with van der Waals surface area (Å²) in [6.07, 6.45) is 14.9. The lowest BCUT2D eigenvalue weighted by molar-refractivity contribution is -0.183. The van der Waals surface area contributed by atoms with Gasteiger partial charge in [-0.25, -0.2) is 0 Å². The second-order valence-corrected chi connectivity index (χ2v) is 9.53. The van der Waals surface area contributed by atoms with E-state index in [1.165, 1.54) is 44.1 Å². The Morgan fingerprint density at radius 1 is 0.967 bits per heavy atom. The maximum atomic E-state index is 13.0. The first-order valence-corrected chi connectivity index (χ1v) is 11.6. The zero-order chi connectivity index (χ0) is 21.6. The highest BCUT2D eigenvalue weighted by atomic mass is 19.4. The Hall–Kier alpha value is -1.69. The minimum atomic E-state index is -4.10. The Bertz CT molecular complexity index is 706. The summed E-state index contributed by atoms with van der Waals surface area (Å²) in [5, 5.41) is 0. The van der Waals surface area contributed by atoms with Crippen LogP contribution in [0.1, 0.15) is 81.8 Å². The predicted octanol–water partition coefficient (Wildman–Crippen LogP) is 8.02. The lowest BCUT2D eigenvalue weighted by Crippen LogP contribution is -2.35. The summed E-state index contributed by atoms with van der Waals surface area (Å²) >= 11 is 0. The molecule has 0 amide bonds. The van der Waals surface area contributed by atoms with E-state index in [1.807, 2.05) is 6.08 Å². The standard InChI is InChI=1S/C27H35F3/c1-3-5-6-21-7-9-22(10-8-21)11-12-23-13-15-24(16-14-23)26(4-2)19-17-25(18-20-26)27(28,29)30/h2-3,13-16,21-22,25H,1,5-12,17-20H2. The van der Waals surface area contributed by atoms with E-state index < -0.39 is 17.5 Å². The highest BCUT2D eigenvalue weighted by molar-refractivity contribution is 5.37. The summed E-state index contributed by atoms with van der Waals surface area (Å²) in [6, 6.07) is 8.41. The lowest BCUT2D eigenvalue weighted by atomic mass is 9.67. The number of aryl methyl sites for hydroxylation is 1. The molecule has 2 aliphatic rings. The highest BCUT2D eigenvalue weighted by Crippen LogP contribution is 2.46. The lowest BCUT2D eigenvalue weighted by Gasteiger charge is -2.37. The second kappa shape index (κ2) is 10.1. The van der Waals surface area contributed by atoms with Crippen LogP contribution < -0.4 is 0 Å². The third-order valence-electron chi connectivity index (χ3n) is 7.67. The molecule has 3 rings (SSSR count). The maximum absolute atomic E-state index is 13.0. The first-order valence-electron chi connectivity index (χ1n) is 11.6. The molecule has 0 atom stereocenters. The van der Waals surface area contributed by atoms with Crippen molar-refractivity contribution in [2.24, 2.45) is 17.8 Å². The molecule has 2 fully saturated rings. The fraction of sp³-hybridized carbons (Fsp3) is 0.630. The molecule has 1 aromatic rings. The van der Waals surface area contributed by atoms with Crippen molar-refractivity contribution in [2.75, 3.05) is 0 Å². The summed E-state index contributed by atoms with van der Waals surface area (Å²) < 4.78 is 39.0. The van der Waals surface area contributed by atoms with Gasteiger partial charge in [0.25, 0.3) is 0 Å². The maximum Gasteiger partial charge on any atom is 0.391 e. The number of hydrogen-bond acceptors (Lipinski definition) is 0. The fourth-order valence-electron chi connectivity index (χ4n) is 5.48. The molecular formula is C27H35F3. The average molecular weight is 417 g/mol. The number of hydrogen-bond donors (Lipinski definition) is 0. The highest BCUT2D eigenvalue weighted by Gasteiger charge is 2.45. The van der Waals surface area contributed by atoms with Crippen molar-refractivity contribution in [2.45, 2.75) is 88.6 Å². The molecule has 3 heteroatoms. The molecule has 0 bridgehead atoms. The molecule has 1 aromatic carbocycles. The smallest absolute Gasteiger partial charge is 0.171 e. The monoisotopic (exact) mass is 416 g/mol. The molecule has 0 saturated heterocycles. The van der Waals surface area contributed by atoms with Crippen LogP contribution in [-0.2, 0) is 11.8 Å². The van der Waals surface area contributed by atoms with Crippen LogP contribution in [0, 0.1) is 30.1 Å². The third kappa shape index (κ3) is 5.71. The summed E-state index contributed by atoms with van der Waals surface area (Å²) in [7, 11) is 0. The molecule has 0 radical (unpaired) electrons. The van der Waals surface area contributed by atoms with Gasteiger partial charge >= 0.3 is 6.18 Å². The Labute approximate surface area is 180 Å². The van der Waals surface area contributed by atoms with E-state index in [2.05, 4.69) is 36.8 Å². The van der Waals surface area contributed by atoms with E-state index in [0.717, 1.165) is 30.2 Å². The van der Waals surface area contributed by atoms with Gasteiger partial charge in [0.2, 0.25) is 0 Å². The molecule has 164 valence electrons. The van der Waals surface area contributed by atoms with E-state index in [4.69, 9.17) is 6.42 Å². The summed E-state index contributed by atoms with van der Waals surface area (Å²) in [4.78, 5) is 0. The molecule has 30 heavy (non-hydrogen) atoms. The molecule has 0 heterocycles. The first-order chi connectivity index (χ1) is 14.4. The number of allylic oxidation sites excluding steroid dienone is 1. The van der Waals surface area contributed by atoms with E-state index >= 15 is 0 Å². The molecule has 0 nitrogen and oxygen atoms in total. The summed E-state index contributed by atoms with van der Waals surface area (Å²) in [5.74, 6) is 3.35. The quantitative estimate of drug-likeness (QED) is 0.312. The van der Waals surface area contributed by atoms with E-state index in [0.29, 0.717) is 12.8 Å². The Morgan fingerprint density at radius 2 is 1.53 bits per heavy atom. The van der Waals surface area contributed by atoms with Crippen molar-refractivity contribution in [3.63, 3.8) is 0 Å². The number of halogens is 3. The fourth-order valence-corrected chi connectivity index (χ4v) is 5.48. The van der Waals surface area contributed by atoms with Crippen LogP contribution in [0.2, 0.25) is 0 Å². The summed E-state index contributed by atoms with van der Waals surface area (Å²) in [6.45, 7) is 3.83. The first kappa shape index (κ1) is 23.0. The van der Waals surface area contributed by atoms with Gasteiger partial charge in [0.05, 0.1) is 11.3 Å². The van der Waals surface area contributed by atoms with Crippen LogP contribution in [0.3, 0.4) is 0 Å². The zero-order valence-electron chi connectivity index (χ0n) is 18.0. The second-order valence-electron chi connectivity index (χ2n) is 9.53. The van der Waals surface area contributed by atoms with Crippen molar-refractivity contribution in [3.8, 4) is 12.3 Å². The van der Waals surface area contributed by atoms with E-state index in [-0.39, 0.29) is 12.8 Å². The van der Waals surface area contributed by atoms with Gasteiger partial charge in [-0.15, -0.1) is 13.0 Å². The van der Waals surface area contributed by atoms with Gasteiger partial charge in [-0.3, -0.25) is 0 Å². The van der Waals surface area contributed by atoms with Crippen LogP contribution in [0.5, 0.6) is 0 Å². The molecule has 0 N–H and O–H groups in total. The van der Waals surface area contributed by atoms with Crippen LogP contribution >= 0.6 is 0 Å². The van der Waals surface area contributed by atoms with Gasteiger partial charge < -0.3 is 0 Å². The van der Waals surface area contributed by atoms with Crippen molar-refractivity contribution >= 4 is 0 Å². The number of benzene rings is 1. The molecular weight excluding hydrogens is 381 g/mol.